The normalized spacial score (nSPS) is 18.4. The van der Waals surface area contributed by atoms with Gasteiger partial charge in [0, 0.05) is 6.54 Å². The zero-order chi connectivity index (χ0) is 14.3. The summed E-state index contributed by atoms with van der Waals surface area (Å²) in [6.45, 7) is 6.86. The molecule has 1 aliphatic carbocycles. The van der Waals surface area contributed by atoms with Crippen molar-refractivity contribution in [3.05, 3.63) is 0 Å². The molecule has 0 spiro atoms. The Morgan fingerprint density at radius 2 is 2.05 bits per heavy atom. The van der Waals surface area contributed by atoms with Gasteiger partial charge in [-0.05, 0) is 45.3 Å². The van der Waals surface area contributed by atoms with Crippen LogP contribution in [0.15, 0.2) is 0 Å². The van der Waals surface area contributed by atoms with E-state index in [0.29, 0.717) is 5.92 Å². The molecule has 1 N–H and O–H groups in total. The molecule has 0 amide bonds. The molecule has 0 aliphatic heterocycles. The number of ether oxygens (including phenoxy) is 1. The number of carbonyl (C=O) groups excluding carboxylic acids is 1. The van der Waals surface area contributed by atoms with Crippen molar-refractivity contribution in [2.75, 3.05) is 33.8 Å². The summed E-state index contributed by atoms with van der Waals surface area (Å²) in [5.74, 6) is 0.340. The first kappa shape index (κ1) is 16.4. The number of rotatable bonds is 10. The van der Waals surface area contributed by atoms with Crippen molar-refractivity contribution in [2.45, 2.75) is 51.5 Å². The molecule has 0 heterocycles. The third-order valence-electron chi connectivity index (χ3n) is 3.98. The highest BCUT2D eigenvalue weighted by molar-refractivity contribution is 5.82. The van der Waals surface area contributed by atoms with Crippen LogP contribution in [0, 0.1) is 5.92 Å². The lowest BCUT2D eigenvalue weighted by Crippen LogP contribution is -2.60. The van der Waals surface area contributed by atoms with E-state index < -0.39 is 5.54 Å². The van der Waals surface area contributed by atoms with Gasteiger partial charge in [0.2, 0.25) is 0 Å². The highest BCUT2D eigenvalue weighted by Crippen LogP contribution is 2.41. The standard InChI is InChI=1S/C15H30N2O2/c1-5-7-8-11-17(3)12-15(16-6-2,13-9-10-13)14(18)19-4/h13,16H,5-12H2,1-4H3. The number of carbonyl (C=O) groups is 1. The summed E-state index contributed by atoms with van der Waals surface area (Å²) in [6, 6.07) is 0. The molecule has 1 unspecified atom stereocenters. The SMILES string of the molecule is CCCCCN(C)CC(NCC)(C(=O)OC)C1CC1. The van der Waals surface area contributed by atoms with Gasteiger partial charge in [-0.3, -0.25) is 0 Å². The molecule has 19 heavy (non-hydrogen) atoms. The van der Waals surface area contributed by atoms with E-state index in [9.17, 15) is 4.79 Å². The second kappa shape index (κ2) is 7.85. The van der Waals surface area contributed by atoms with Crippen molar-refractivity contribution < 1.29 is 9.53 Å². The quantitative estimate of drug-likeness (QED) is 0.487. The minimum absolute atomic E-state index is 0.0980. The van der Waals surface area contributed by atoms with E-state index in [1.807, 2.05) is 0 Å². The van der Waals surface area contributed by atoms with E-state index in [1.165, 1.54) is 26.4 Å². The Labute approximate surface area is 117 Å². The summed E-state index contributed by atoms with van der Waals surface area (Å²) in [4.78, 5) is 14.5. The first-order valence-corrected chi connectivity index (χ1v) is 7.62. The van der Waals surface area contributed by atoms with E-state index >= 15 is 0 Å². The van der Waals surface area contributed by atoms with Crippen LogP contribution in [0.4, 0.5) is 0 Å². The molecule has 1 rings (SSSR count). The molecule has 0 aromatic carbocycles. The van der Waals surface area contributed by atoms with Gasteiger partial charge in [-0.1, -0.05) is 26.7 Å². The molecule has 0 aromatic rings. The number of hydrogen-bond acceptors (Lipinski definition) is 4. The van der Waals surface area contributed by atoms with Crippen LogP contribution in [0.2, 0.25) is 0 Å². The van der Waals surface area contributed by atoms with E-state index in [4.69, 9.17) is 4.74 Å². The largest absolute Gasteiger partial charge is 0.468 e. The third kappa shape index (κ3) is 4.46. The Balaban J connectivity index is 2.64. The Kier molecular flexibility index (Phi) is 6.80. The summed E-state index contributed by atoms with van der Waals surface area (Å²) in [5.41, 5.74) is -0.496. The lowest BCUT2D eigenvalue weighted by molar-refractivity contribution is -0.150. The van der Waals surface area contributed by atoms with E-state index in [2.05, 4.69) is 31.1 Å². The van der Waals surface area contributed by atoms with Crippen molar-refractivity contribution in [2.24, 2.45) is 5.92 Å². The van der Waals surface area contributed by atoms with Crippen LogP contribution in [-0.2, 0) is 9.53 Å². The van der Waals surface area contributed by atoms with Crippen molar-refractivity contribution in [1.82, 2.24) is 10.2 Å². The minimum Gasteiger partial charge on any atom is -0.468 e. The molecular formula is C15H30N2O2. The van der Waals surface area contributed by atoms with Crippen molar-refractivity contribution in [1.29, 1.82) is 0 Å². The molecule has 4 nitrogen and oxygen atoms in total. The second-order valence-electron chi connectivity index (χ2n) is 5.71. The van der Waals surface area contributed by atoms with Gasteiger partial charge < -0.3 is 15.0 Å². The fourth-order valence-electron chi connectivity index (χ4n) is 2.84. The Hall–Kier alpha value is -0.610. The average Bonchev–Trinajstić information content (AvgIpc) is 3.22. The Bertz CT molecular complexity index is 279. The monoisotopic (exact) mass is 270 g/mol. The maximum absolute atomic E-state index is 12.3. The Morgan fingerprint density at radius 1 is 1.37 bits per heavy atom. The van der Waals surface area contributed by atoms with Crippen LogP contribution in [0.25, 0.3) is 0 Å². The maximum Gasteiger partial charge on any atom is 0.327 e. The number of unbranched alkanes of at least 4 members (excludes halogenated alkanes) is 2. The van der Waals surface area contributed by atoms with Crippen LogP contribution >= 0.6 is 0 Å². The predicted molar refractivity (Wildman–Crippen MR) is 78.2 cm³/mol. The lowest BCUT2D eigenvalue weighted by atomic mass is 9.92. The van der Waals surface area contributed by atoms with Crippen LogP contribution < -0.4 is 5.32 Å². The lowest BCUT2D eigenvalue weighted by Gasteiger charge is -2.35. The van der Waals surface area contributed by atoms with Crippen molar-refractivity contribution >= 4 is 5.97 Å². The Morgan fingerprint density at radius 3 is 2.53 bits per heavy atom. The van der Waals surface area contributed by atoms with Crippen LogP contribution in [0.1, 0.15) is 46.0 Å². The molecular weight excluding hydrogens is 240 g/mol. The highest BCUT2D eigenvalue weighted by atomic mass is 16.5. The maximum atomic E-state index is 12.3. The fraction of sp³-hybridized carbons (Fsp3) is 0.933. The third-order valence-corrected chi connectivity index (χ3v) is 3.98. The van der Waals surface area contributed by atoms with Gasteiger partial charge in [-0.25, -0.2) is 4.79 Å². The van der Waals surface area contributed by atoms with E-state index in [0.717, 1.165) is 32.5 Å². The molecule has 1 fully saturated rings. The number of nitrogens with one attached hydrogen (secondary N) is 1. The van der Waals surface area contributed by atoms with Crippen LogP contribution in [0.3, 0.4) is 0 Å². The van der Waals surface area contributed by atoms with Gasteiger partial charge in [-0.2, -0.15) is 0 Å². The number of nitrogens with zero attached hydrogens (tertiary/aromatic N) is 1. The van der Waals surface area contributed by atoms with E-state index in [1.54, 1.807) is 0 Å². The van der Waals surface area contributed by atoms with Crippen LogP contribution in [0.5, 0.6) is 0 Å². The molecule has 1 saturated carbocycles. The molecule has 0 bridgehead atoms. The van der Waals surface area contributed by atoms with Gasteiger partial charge in [0.05, 0.1) is 7.11 Å². The minimum atomic E-state index is -0.496. The molecule has 1 atom stereocenters. The molecule has 0 saturated heterocycles. The van der Waals surface area contributed by atoms with Gasteiger partial charge in [-0.15, -0.1) is 0 Å². The number of hydrogen-bond donors (Lipinski definition) is 1. The first-order chi connectivity index (χ1) is 9.10. The average molecular weight is 270 g/mol. The summed E-state index contributed by atoms with van der Waals surface area (Å²) in [6.07, 6.45) is 5.93. The number of methoxy groups -OCH3 is 1. The zero-order valence-corrected chi connectivity index (χ0v) is 13.0. The molecule has 0 aromatic heterocycles. The van der Waals surface area contributed by atoms with Gasteiger partial charge in [0.25, 0.3) is 0 Å². The highest BCUT2D eigenvalue weighted by Gasteiger charge is 2.51. The first-order valence-electron chi connectivity index (χ1n) is 7.62. The summed E-state index contributed by atoms with van der Waals surface area (Å²) in [5, 5.41) is 3.41. The number of likely N-dealkylation sites (N-methyl/N-ethyl adjacent to an activating group) is 2. The number of esters is 1. The smallest absolute Gasteiger partial charge is 0.327 e. The predicted octanol–water partition coefficient (Wildman–Crippen LogP) is 2.04. The fourth-order valence-corrected chi connectivity index (χ4v) is 2.84. The molecule has 112 valence electrons. The van der Waals surface area contributed by atoms with Crippen molar-refractivity contribution in [3.63, 3.8) is 0 Å². The topological polar surface area (TPSA) is 41.6 Å². The van der Waals surface area contributed by atoms with E-state index in [-0.39, 0.29) is 5.97 Å². The van der Waals surface area contributed by atoms with Crippen molar-refractivity contribution in [3.8, 4) is 0 Å². The van der Waals surface area contributed by atoms with Gasteiger partial charge in [0.1, 0.15) is 5.54 Å². The molecule has 1 aliphatic rings. The summed E-state index contributed by atoms with van der Waals surface area (Å²) >= 11 is 0. The van der Waals surface area contributed by atoms with Crippen LogP contribution in [-0.4, -0.2) is 50.2 Å². The molecule has 0 radical (unpaired) electrons. The summed E-state index contributed by atoms with van der Waals surface area (Å²) < 4.78 is 5.07. The van der Waals surface area contributed by atoms with Gasteiger partial charge >= 0.3 is 5.97 Å². The van der Waals surface area contributed by atoms with Gasteiger partial charge in [0.15, 0.2) is 0 Å². The summed E-state index contributed by atoms with van der Waals surface area (Å²) in [7, 11) is 3.60. The molecule has 4 heteroatoms. The second-order valence-corrected chi connectivity index (χ2v) is 5.71. The zero-order valence-electron chi connectivity index (χ0n) is 13.0.